The van der Waals surface area contributed by atoms with Gasteiger partial charge in [-0.3, -0.25) is 0 Å². The van der Waals surface area contributed by atoms with E-state index in [-0.39, 0.29) is 23.7 Å². The Bertz CT molecular complexity index is 677. The Hall–Kier alpha value is -2.12. The molecule has 0 amide bonds. The van der Waals surface area contributed by atoms with Crippen LogP contribution in [0.5, 0.6) is 0 Å². The van der Waals surface area contributed by atoms with E-state index < -0.39 is 11.7 Å². The molecule has 2 N–H and O–H groups in total. The quantitative estimate of drug-likeness (QED) is 0.845. The van der Waals surface area contributed by atoms with Crippen molar-refractivity contribution in [1.29, 1.82) is 0 Å². The molecule has 19 heavy (non-hydrogen) atoms. The van der Waals surface area contributed by atoms with Crippen molar-refractivity contribution >= 4 is 17.6 Å². The van der Waals surface area contributed by atoms with Gasteiger partial charge in [0.1, 0.15) is 6.33 Å². The lowest BCUT2D eigenvalue weighted by molar-refractivity contribution is 0.0697. The van der Waals surface area contributed by atoms with Crippen molar-refractivity contribution in [2.75, 3.05) is 6.61 Å². The van der Waals surface area contributed by atoms with E-state index in [1.165, 1.54) is 29.1 Å². The molecule has 0 aliphatic rings. The monoisotopic (exact) mass is 283 g/mol. The molecule has 100 valence electrons. The fourth-order valence-electron chi connectivity index (χ4n) is 1.59. The first kappa shape index (κ1) is 13.3. The number of aromatic carboxylic acids is 1. The minimum absolute atomic E-state index is 0.0341. The van der Waals surface area contributed by atoms with E-state index in [0.717, 1.165) is 4.68 Å². The molecule has 0 fully saturated rings. The van der Waals surface area contributed by atoms with Crippen LogP contribution < -0.4 is 5.69 Å². The summed E-state index contributed by atoms with van der Waals surface area (Å²) in [7, 11) is 0. The third-order valence-corrected chi connectivity index (χ3v) is 2.82. The Balaban J connectivity index is 2.46. The van der Waals surface area contributed by atoms with Gasteiger partial charge in [0.05, 0.1) is 29.4 Å². The molecule has 1 heterocycles. The molecular formula is C11H10ClN3O4. The fraction of sp³-hybridized carbons (Fsp3) is 0.182. The Morgan fingerprint density at radius 3 is 2.74 bits per heavy atom. The van der Waals surface area contributed by atoms with Crippen LogP contribution in [-0.2, 0) is 6.54 Å². The maximum Gasteiger partial charge on any atom is 0.350 e. The zero-order chi connectivity index (χ0) is 14.0. The maximum absolute atomic E-state index is 11.9. The molecule has 0 spiro atoms. The van der Waals surface area contributed by atoms with Gasteiger partial charge in [-0.15, -0.1) is 0 Å². The first-order valence-electron chi connectivity index (χ1n) is 5.33. The van der Waals surface area contributed by atoms with Crippen LogP contribution in [0.4, 0.5) is 0 Å². The van der Waals surface area contributed by atoms with Crippen LogP contribution in [0.15, 0.2) is 29.3 Å². The highest BCUT2D eigenvalue weighted by molar-refractivity contribution is 6.33. The van der Waals surface area contributed by atoms with Gasteiger partial charge in [-0.05, 0) is 18.2 Å². The Kier molecular flexibility index (Phi) is 3.68. The SMILES string of the molecule is O=C(O)c1ccc(-n2cnn(CCO)c2=O)cc1Cl. The molecule has 1 aromatic carbocycles. The minimum Gasteiger partial charge on any atom is -0.478 e. The zero-order valence-electron chi connectivity index (χ0n) is 9.65. The molecular weight excluding hydrogens is 274 g/mol. The van der Waals surface area contributed by atoms with Crippen molar-refractivity contribution in [3.8, 4) is 5.69 Å². The molecule has 2 rings (SSSR count). The largest absolute Gasteiger partial charge is 0.478 e. The summed E-state index contributed by atoms with van der Waals surface area (Å²) in [5.74, 6) is -1.14. The van der Waals surface area contributed by atoms with Crippen LogP contribution in [0.3, 0.4) is 0 Å². The van der Waals surface area contributed by atoms with Gasteiger partial charge in [0.2, 0.25) is 0 Å². The number of aromatic nitrogens is 3. The predicted molar refractivity (Wildman–Crippen MR) is 66.9 cm³/mol. The van der Waals surface area contributed by atoms with Crippen molar-refractivity contribution < 1.29 is 15.0 Å². The molecule has 7 nitrogen and oxygen atoms in total. The van der Waals surface area contributed by atoms with Gasteiger partial charge in [0.25, 0.3) is 0 Å². The predicted octanol–water partition coefficient (Wildman–Crippen LogP) is 0.378. The number of rotatable bonds is 4. The summed E-state index contributed by atoms with van der Waals surface area (Å²) in [6.07, 6.45) is 1.28. The molecule has 8 heteroatoms. The summed E-state index contributed by atoms with van der Waals surface area (Å²) < 4.78 is 2.31. The Labute approximate surface area is 112 Å². The number of nitrogens with zero attached hydrogens (tertiary/aromatic N) is 3. The number of carbonyl (C=O) groups is 1. The summed E-state index contributed by atoms with van der Waals surface area (Å²) >= 11 is 5.83. The highest BCUT2D eigenvalue weighted by Crippen LogP contribution is 2.19. The van der Waals surface area contributed by atoms with Gasteiger partial charge in [-0.25, -0.2) is 18.8 Å². The lowest BCUT2D eigenvalue weighted by Gasteiger charge is -2.03. The highest BCUT2D eigenvalue weighted by Gasteiger charge is 2.12. The number of benzene rings is 1. The van der Waals surface area contributed by atoms with Crippen molar-refractivity contribution in [2.24, 2.45) is 0 Å². The third-order valence-electron chi connectivity index (χ3n) is 2.51. The molecule has 1 aromatic heterocycles. The molecule has 0 atom stereocenters. The van der Waals surface area contributed by atoms with E-state index >= 15 is 0 Å². The second kappa shape index (κ2) is 5.25. The lowest BCUT2D eigenvalue weighted by Crippen LogP contribution is -2.25. The molecule has 0 aliphatic carbocycles. The van der Waals surface area contributed by atoms with Crippen LogP contribution in [0.2, 0.25) is 5.02 Å². The summed E-state index contributed by atoms with van der Waals surface area (Å²) in [4.78, 5) is 22.7. The minimum atomic E-state index is -1.14. The number of carboxylic acid groups (broad SMARTS) is 1. The fourth-order valence-corrected chi connectivity index (χ4v) is 1.85. The Morgan fingerprint density at radius 1 is 1.42 bits per heavy atom. The number of hydrogen-bond donors (Lipinski definition) is 2. The first-order valence-corrected chi connectivity index (χ1v) is 5.71. The molecule has 0 saturated carbocycles. The maximum atomic E-state index is 11.9. The third kappa shape index (κ3) is 2.51. The van der Waals surface area contributed by atoms with Crippen molar-refractivity contribution in [1.82, 2.24) is 14.3 Å². The van der Waals surface area contributed by atoms with E-state index in [1.807, 2.05) is 0 Å². The van der Waals surface area contributed by atoms with Crippen molar-refractivity contribution in [3.05, 3.63) is 45.6 Å². The zero-order valence-corrected chi connectivity index (χ0v) is 10.4. The molecule has 0 bridgehead atoms. The van der Waals surface area contributed by atoms with Crippen molar-refractivity contribution in [3.63, 3.8) is 0 Å². The summed E-state index contributed by atoms with van der Waals surface area (Å²) in [5, 5.41) is 21.5. The number of hydrogen-bond acceptors (Lipinski definition) is 4. The molecule has 0 saturated heterocycles. The first-order chi connectivity index (χ1) is 9.04. The van der Waals surface area contributed by atoms with Crippen LogP contribution in [0.25, 0.3) is 5.69 Å². The normalized spacial score (nSPS) is 10.6. The van der Waals surface area contributed by atoms with E-state index in [0.29, 0.717) is 5.69 Å². The Morgan fingerprint density at radius 2 is 2.16 bits per heavy atom. The lowest BCUT2D eigenvalue weighted by atomic mass is 10.2. The number of halogens is 1. The number of carboxylic acids is 1. The van der Waals surface area contributed by atoms with Gasteiger partial charge in [-0.1, -0.05) is 11.6 Å². The number of aliphatic hydroxyl groups excluding tert-OH is 1. The molecule has 2 aromatic rings. The van der Waals surface area contributed by atoms with Crippen LogP contribution in [0.1, 0.15) is 10.4 Å². The van der Waals surface area contributed by atoms with E-state index in [1.54, 1.807) is 0 Å². The van der Waals surface area contributed by atoms with Crippen LogP contribution >= 0.6 is 11.6 Å². The summed E-state index contributed by atoms with van der Waals surface area (Å²) in [5.41, 5.74) is -0.0707. The van der Waals surface area contributed by atoms with Gasteiger partial charge in [0.15, 0.2) is 0 Å². The molecule has 0 aliphatic heterocycles. The van der Waals surface area contributed by atoms with Gasteiger partial charge < -0.3 is 10.2 Å². The topological polar surface area (TPSA) is 97.3 Å². The molecule has 0 unspecified atom stereocenters. The van der Waals surface area contributed by atoms with E-state index in [4.69, 9.17) is 21.8 Å². The van der Waals surface area contributed by atoms with Gasteiger partial charge in [0, 0.05) is 0 Å². The van der Waals surface area contributed by atoms with Gasteiger partial charge >= 0.3 is 11.7 Å². The molecule has 0 radical (unpaired) electrons. The second-order valence-corrected chi connectivity index (χ2v) is 4.11. The van der Waals surface area contributed by atoms with Crippen molar-refractivity contribution in [2.45, 2.75) is 6.54 Å². The average molecular weight is 284 g/mol. The smallest absolute Gasteiger partial charge is 0.350 e. The van der Waals surface area contributed by atoms with Crippen LogP contribution in [-0.4, -0.2) is 37.1 Å². The second-order valence-electron chi connectivity index (χ2n) is 3.70. The van der Waals surface area contributed by atoms with Gasteiger partial charge in [-0.2, -0.15) is 5.10 Å². The number of aliphatic hydroxyl groups is 1. The summed E-state index contributed by atoms with van der Waals surface area (Å²) in [6.45, 7) is -0.109. The standard InChI is InChI=1S/C11H10ClN3O4/c12-9-5-7(1-2-8(9)10(17)18)14-6-13-15(3-4-16)11(14)19/h1-2,5-6,16H,3-4H2,(H,17,18). The van der Waals surface area contributed by atoms with E-state index in [9.17, 15) is 9.59 Å². The van der Waals surface area contributed by atoms with E-state index in [2.05, 4.69) is 5.10 Å². The highest BCUT2D eigenvalue weighted by atomic mass is 35.5. The summed E-state index contributed by atoms with van der Waals surface area (Å²) in [6, 6.07) is 4.15. The average Bonchev–Trinajstić information content (AvgIpc) is 2.71. The van der Waals surface area contributed by atoms with Crippen LogP contribution in [0, 0.1) is 0 Å².